The number of piperidine rings is 3. The maximum absolute atomic E-state index is 12.5. The molecule has 1 amide bonds. The summed E-state index contributed by atoms with van der Waals surface area (Å²) >= 11 is 3.17. The monoisotopic (exact) mass is 333 g/mol. The summed E-state index contributed by atoms with van der Waals surface area (Å²) in [5.74, 6) is 0.735. The summed E-state index contributed by atoms with van der Waals surface area (Å²) < 4.78 is 0. The van der Waals surface area contributed by atoms with Crippen LogP contribution in [0.1, 0.15) is 28.2 Å². The molecule has 0 radical (unpaired) electrons. The average Bonchev–Trinajstić information content (AvgIpc) is 3.17. The Hall–Kier alpha value is -1.24. The van der Waals surface area contributed by atoms with Crippen molar-refractivity contribution < 1.29 is 4.79 Å². The summed E-state index contributed by atoms with van der Waals surface area (Å²) in [6, 6.07) is 4.25. The number of thiophene rings is 1. The molecule has 3 aliphatic heterocycles. The second-order valence-corrected chi connectivity index (χ2v) is 8.12. The molecule has 0 aliphatic carbocycles. The fourth-order valence-corrected chi connectivity index (χ4v) is 5.19. The Morgan fingerprint density at radius 2 is 2.18 bits per heavy atom. The first-order chi connectivity index (χ1) is 10.7. The van der Waals surface area contributed by atoms with E-state index in [1.54, 1.807) is 11.3 Å². The summed E-state index contributed by atoms with van der Waals surface area (Å²) in [6.45, 7) is 5.40. The quantitative estimate of drug-likeness (QED) is 0.939. The van der Waals surface area contributed by atoms with Crippen LogP contribution in [0.4, 0.5) is 0 Å². The predicted octanol–water partition coefficient (Wildman–Crippen LogP) is 3.00. The zero-order valence-corrected chi connectivity index (χ0v) is 14.2. The van der Waals surface area contributed by atoms with Gasteiger partial charge in [0.25, 0.3) is 5.91 Å². The number of hydrogen-bond donors (Lipinski definition) is 1. The standard InChI is InChI=1S/C16H19N3OS2/c1-10-9-21-16(17-10)14-3-2-13(22-14)15(20)18-12-8-19-6-4-11(12)5-7-19/h2-3,9,11-12H,4-8H2,1H3,(H,18,20). The number of rotatable bonds is 3. The van der Waals surface area contributed by atoms with E-state index in [0.29, 0.717) is 12.0 Å². The SMILES string of the molecule is Cc1csc(-c2ccc(C(=O)NC3CN4CCC3CC4)s2)n1. The highest BCUT2D eigenvalue weighted by Gasteiger charge is 2.35. The Balaban J connectivity index is 1.46. The van der Waals surface area contributed by atoms with Crippen molar-refractivity contribution in [2.75, 3.05) is 19.6 Å². The van der Waals surface area contributed by atoms with Gasteiger partial charge in [0.2, 0.25) is 0 Å². The van der Waals surface area contributed by atoms with Crippen LogP contribution in [-0.4, -0.2) is 41.5 Å². The van der Waals surface area contributed by atoms with E-state index in [-0.39, 0.29) is 5.91 Å². The third-order valence-electron chi connectivity index (χ3n) is 4.63. The number of hydrogen-bond acceptors (Lipinski definition) is 5. The minimum absolute atomic E-state index is 0.0725. The van der Waals surface area contributed by atoms with E-state index in [1.165, 1.54) is 37.3 Å². The zero-order chi connectivity index (χ0) is 15.1. The summed E-state index contributed by atoms with van der Waals surface area (Å²) in [5.41, 5.74) is 1.03. The summed E-state index contributed by atoms with van der Waals surface area (Å²) in [4.78, 5) is 21.3. The average molecular weight is 333 g/mol. The van der Waals surface area contributed by atoms with E-state index in [0.717, 1.165) is 27.0 Å². The van der Waals surface area contributed by atoms with Gasteiger partial charge in [-0.25, -0.2) is 4.98 Å². The molecule has 1 N–H and O–H groups in total. The Bertz CT molecular complexity index is 685. The largest absolute Gasteiger partial charge is 0.347 e. The molecule has 116 valence electrons. The van der Waals surface area contributed by atoms with Crippen molar-refractivity contribution in [2.24, 2.45) is 5.92 Å². The van der Waals surface area contributed by atoms with Crippen LogP contribution < -0.4 is 5.32 Å². The molecule has 3 saturated heterocycles. The fourth-order valence-electron chi connectivity index (χ4n) is 3.41. The highest BCUT2D eigenvalue weighted by atomic mass is 32.1. The van der Waals surface area contributed by atoms with E-state index in [4.69, 9.17) is 0 Å². The van der Waals surface area contributed by atoms with Crippen molar-refractivity contribution >= 4 is 28.6 Å². The van der Waals surface area contributed by atoms with E-state index >= 15 is 0 Å². The van der Waals surface area contributed by atoms with Crippen molar-refractivity contribution in [1.29, 1.82) is 0 Å². The van der Waals surface area contributed by atoms with Crippen LogP contribution in [0.2, 0.25) is 0 Å². The van der Waals surface area contributed by atoms with E-state index in [9.17, 15) is 4.79 Å². The molecule has 0 saturated carbocycles. The molecule has 1 unspecified atom stereocenters. The predicted molar refractivity (Wildman–Crippen MR) is 90.6 cm³/mol. The van der Waals surface area contributed by atoms with Gasteiger partial charge in [0.1, 0.15) is 5.01 Å². The molecule has 2 aromatic heterocycles. The van der Waals surface area contributed by atoms with Gasteiger partial charge >= 0.3 is 0 Å². The summed E-state index contributed by atoms with van der Waals surface area (Å²) in [5, 5.41) is 6.30. The van der Waals surface area contributed by atoms with Crippen molar-refractivity contribution in [1.82, 2.24) is 15.2 Å². The molecule has 3 aliphatic rings. The topological polar surface area (TPSA) is 45.2 Å². The molecular weight excluding hydrogens is 314 g/mol. The summed E-state index contributed by atoms with van der Waals surface area (Å²) in [6.07, 6.45) is 2.44. The van der Waals surface area contributed by atoms with Gasteiger partial charge in [0.05, 0.1) is 9.75 Å². The lowest BCUT2D eigenvalue weighted by molar-refractivity contribution is 0.0622. The van der Waals surface area contributed by atoms with Crippen LogP contribution in [0, 0.1) is 12.8 Å². The number of aromatic nitrogens is 1. The Labute approximate surface area is 138 Å². The lowest BCUT2D eigenvalue weighted by atomic mass is 9.84. The molecule has 3 fully saturated rings. The lowest BCUT2D eigenvalue weighted by Crippen LogP contribution is -2.57. The van der Waals surface area contributed by atoms with Gasteiger partial charge < -0.3 is 10.2 Å². The smallest absolute Gasteiger partial charge is 0.261 e. The number of nitrogens with zero attached hydrogens (tertiary/aromatic N) is 2. The molecule has 0 aromatic carbocycles. The molecule has 2 bridgehead atoms. The normalized spacial score (nSPS) is 27.0. The van der Waals surface area contributed by atoms with Gasteiger partial charge in [-0.05, 0) is 50.9 Å². The molecule has 22 heavy (non-hydrogen) atoms. The second kappa shape index (κ2) is 5.76. The van der Waals surface area contributed by atoms with E-state index in [1.807, 2.05) is 24.4 Å². The van der Waals surface area contributed by atoms with Gasteiger partial charge in [-0.2, -0.15) is 0 Å². The lowest BCUT2D eigenvalue weighted by Gasteiger charge is -2.44. The number of amides is 1. The van der Waals surface area contributed by atoms with Crippen molar-refractivity contribution in [2.45, 2.75) is 25.8 Å². The first-order valence-corrected chi connectivity index (χ1v) is 9.44. The highest BCUT2D eigenvalue weighted by molar-refractivity contribution is 7.22. The highest BCUT2D eigenvalue weighted by Crippen LogP contribution is 2.31. The van der Waals surface area contributed by atoms with Crippen LogP contribution in [0.5, 0.6) is 0 Å². The van der Waals surface area contributed by atoms with Crippen LogP contribution in [0.3, 0.4) is 0 Å². The minimum atomic E-state index is 0.0725. The number of nitrogens with one attached hydrogen (secondary N) is 1. The van der Waals surface area contributed by atoms with Crippen molar-refractivity contribution in [3.05, 3.63) is 28.1 Å². The van der Waals surface area contributed by atoms with Gasteiger partial charge in [-0.1, -0.05) is 0 Å². The number of carbonyl (C=O) groups is 1. The maximum Gasteiger partial charge on any atom is 0.261 e. The molecule has 4 nitrogen and oxygen atoms in total. The van der Waals surface area contributed by atoms with E-state index in [2.05, 4.69) is 15.2 Å². The number of aryl methyl sites for hydroxylation is 1. The first kappa shape index (κ1) is 14.4. The molecule has 0 spiro atoms. The first-order valence-electron chi connectivity index (χ1n) is 7.74. The van der Waals surface area contributed by atoms with Crippen LogP contribution in [0.15, 0.2) is 17.5 Å². The molecule has 6 heteroatoms. The maximum atomic E-state index is 12.5. The molecule has 5 rings (SSSR count). The number of thiazole rings is 1. The van der Waals surface area contributed by atoms with Crippen LogP contribution in [0.25, 0.3) is 9.88 Å². The van der Waals surface area contributed by atoms with Crippen LogP contribution in [-0.2, 0) is 0 Å². The Morgan fingerprint density at radius 3 is 2.82 bits per heavy atom. The second-order valence-electron chi connectivity index (χ2n) is 6.18. The molecule has 2 aromatic rings. The third-order valence-corrected chi connectivity index (χ3v) is 6.85. The Morgan fingerprint density at radius 1 is 1.36 bits per heavy atom. The Kier molecular flexibility index (Phi) is 3.76. The van der Waals surface area contributed by atoms with E-state index < -0.39 is 0 Å². The minimum Gasteiger partial charge on any atom is -0.347 e. The van der Waals surface area contributed by atoms with Gasteiger partial charge in [0, 0.05) is 23.7 Å². The van der Waals surface area contributed by atoms with Crippen LogP contribution >= 0.6 is 22.7 Å². The number of fused-ring (bicyclic) bond motifs is 3. The van der Waals surface area contributed by atoms with Crippen molar-refractivity contribution in [3.63, 3.8) is 0 Å². The zero-order valence-electron chi connectivity index (χ0n) is 12.5. The van der Waals surface area contributed by atoms with Gasteiger partial charge in [-0.3, -0.25) is 4.79 Å². The third kappa shape index (κ3) is 2.71. The fraction of sp³-hybridized carbons (Fsp3) is 0.500. The molecule has 5 heterocycles. The van der Waals surface area contributed by atoms with Gasteiger partial charge in [0.15, 0.2) is 0 Å². The van der Waals surface area contributed by atoms with Crippen molar-refractivity contribution in [3.8, 4) is 9.88 Å². The van der Waals surface area contributed by atoms with Gasteiger partial charge in [-0.15, -0.1) is 22.7 Å². The molecular formula is C16H19N3OS2. The summed E-state index contributed by atoms with van der Waals surface area (Å²) in [7, 11) is 0. The molecule has 1 atom stereocenters. The number of carbonyl (C=O) groups excluding carboxylic acids is 1.